The zero-order valence-corrected chi connectivity index (χ0v) is 14.9. The fourth-order valence-electron chi connectivity index (χ4n) is 2.41. The van der Waals surface area contributed by atoms with Gasteiger partial charge in [0.05, 0.1) is 5.69 Å². The van der Waals surface area contributed by atoms with E-state index in [1.807, 2.05) is 66.9 Å². The van der Waals surface area contributed by atoms with Crippen molar-refractivity contribution in [2.45, 2.75) is 5.03 Å². The number of benzene rings is 2. The van der Waals surface area contributed by atoms with Crippen molar-refractivity contribution in [2.75, 3.05) is 11.6 Å². The summed E-state index contributed by atoms with van der Waals surface area (Å²) in [6, 6.07) is 21.1. The summed E-state index contributed by atoms with van der Waals surface area (Å²) in [5.41, 5.74) is 2.04. The van der Waals surface area contributed by atoms with E-state index in [2.05, 4.69) is 16.5 Å². The van der Waals surface area contributed by atoms with E-state index in [1.54, 1.807) is 10.8 Å². The highest BCUT2D eigenvalue weighted by Crippen LogP contribution is 2.28. The Morgan fingerprint density at radius 3 is 2.42 bits per heavy atom. The molecule has 1 amide bonds. The molecule has 128 valence electrons. The molecule has 0 spiro atoms. The van der Waals surface area contributed by atoms with Gasteiger partial charge in [-0.05, 0) is 30.0 Å². The average molecular weight is 360 g/mol. The first kappa shape index (κ1) is 17.5. The number of hydrogen-bond donors (Lipinski definition) is 1. The van der Waals surface area contributed by atoms with Crippen molar-refractivity contribution in [3.05, 3.63) is 77.9 Å². The molecule has 0 aliphatic heterocycles. The Hall–Kier alpha value is -3.30. The van der Waals surface area contributed by atoms with Gasteiger partial charge < -0.3 is 5.32 Å². The molecular formula is C20H16N4OS. The Morgan fingerprint density at radius 2 is 1.81 bits per heavy atom. The lowest BCUT2D eigenvalue weighted by atomic mass is 10.2. The first-order valence-corrected chi connectivity index (χ1v) is 9.12. The minimum Gasteiger partial charge on any atom is -0.306 e. The minimum atomic E-state index is -0.324. The molecular weight excluding hydrogens is 344 g/mol. The molecule has 0 aliphatic rings. The maximum atomic E-state index is 12.4. The summed E-state index contributed by atoms with van der Waals surface area (Å²) in [6.07, 6.45) is 5.01. The lowest BCUT2D eigenvalue weighted by Gasteiger charge is -2.07. The molecule has 1 aromatic heterocycles. The van der Waals surface area contributed by atoms with Gasteiger partial charge in [0.2, 0.25) is 5.91 Å². The number of carbonyl (C=O) groups excluding carboxylic acids is 1. The van der Waals surface area contributed by atoms with Crippen LogP contribution in [0.1, 0.15) is 11.1 Å². The van der Waals surface area contributed by atoms with E-state index in [9.17, 15) is 10.1 Å². The molecule has 0 aliphatic carbocycles. The van der Waals surface area contributed by atoms with Crippen LogP contribution in [0.3, 0.4) is 0 Å². The number of carbonyl (C=O) groups is 1. The number of nitrogens with zero attached hydrogens (tertiary/aromatic N) is 3. The molecule has 0 saturated carbocycles. The number of rotatable bonds is 5. The van der Waals surface area contributed by atoms with E-state index in [1.165, 1.54) is 17.8 Å². The number of amides is 1. The fraction of sp³-hybridized carbons (Fsp3) is 0.0500. The van der Waals surface area contributed by atoms with Gasteiger partial charge in [0, 0.05) is 6.08 Å². The summed E-state index contributed by atoms with van der Waals surface area (Å²) in [4.78, 5) is 12.4. The van der Waals surface area contributed by atoms with Crippen LogP contribution in [-0.4, -0.2) is 21.9 Å². The van der Waals surface area contributed by atoms with E-state index < -0.39 is 0 Å². The monoisotopic (exact) mass is 360 g/mol. The Labute approximate surface area is 156 Å². The SMILES string of the molecule is CSc1nn(-c2ccccc2)c(NC(=O)/C=C/c2ccccc2)c1C#N. The van der Waals surface area contributed by atoms with E-state index >= 15 is 0 Å². The second-order valence-electron chi connectivity index (χ2n) is 5.33. The van der Waals surface area contributed by atoms with Gasteiger partial charge in [-0.15, -0.1) is 11.8 Å². The van der Waals surface area contributed by atoms with Crippen LogP contribution in [0.5, 0.6) is 0 Å². The van der Waals surface area contributed by atoms with E-state index in [-0.39, 0.29) is 5.91 Å². The largest absolute Gasteiger partial charge is 0.306 e. The van der Waals surface area contributed by atoms with Crippen LogP contribution in [-0.2, 0) is 4.79 Å². The van der Waals surface area contributed by atoms with E-state index in [0.29, 0.717) is 16.4 Å². The van der Waals surface area contributed by atoms with Gasteiger partial charge in [0.15, 0.2) is 5.82 Å². The molecule has 0 fully saturated rings. The summed E-state index contributed by atoms with van der Waals surface area (Å²) < 4.78 is 1.58. The van der Waals surface area contributed by atoms with Gasteiger partial charge in [-0.2, -0.15) is 10.4 Å². The van der Waals surface area contributed by atoms with Crippen molar-refractivity contribution in [3.8, 4) is 11.8 Å². The number of nitriles is 1. The quantitative estimate of drug-likeness (QED) is 0.549. The molecule has 0 radical (unpaired) electrons. The van der Waals surface area contributed by atoms with Crippen molar-refractivity contribution >= 4 is 29.6 Å². The molecule has 3 aromatic rings. The third kappa shape index (κ3) is 3.85. The predicted octanol–water partition coefficient (Wildman–Crippen LogP) is 4.12. The lowest BCUT2D eigenvalue weighted by Crippen LogP contribution is -2.13. The second-order valence-corrected chi connectivity index (χ2v) is 6.12. The highest BCUT2D eigenvalue weighted by molar-refractivity contribution is 7.98. The molecule has 3 rings (SSSR count). The van der Waals surface area contributed by atoms with Crippen molar-refractivity contribution in [1.29, 1.82) is 5.26 Å². The highest BCUT2D eigenvalue weighted by Gasteiger charge is 2.19. The molecule has 1 N–H and O–H groups in total. The predicted molar refractivity (Wildman–Crippen MR) is 104 cm³/mol. The summed E-state index contributed by atoms with van der Waals surface area (Å²) in [7, 11) is 0. The molecule has 0 unspecified atom stereocenters. The van der Waals surface area contributed by atoms with Crippen molar-refractivity contribution in [2.24, 2.45) is 0 Å². The third-order valence-corrected chi connectivity index (χ3v) is 4.30. The smallest absolute Gasteiger partial charge is 0.249 e. The maximum Gasteiger partial charge on any atom is 0.249 e. The average Bonchev–Trinajstić information content (AvgIpc) is 3.05. The molecule has 0 atom stereocenters. The van der Waals surface area contributed by atoms with Crippen LogP contribution >= 0.6 is 11.8 Å². The molecule has 5 nitrogen and oxygen atoms in total. The van der Waals surface area contributed by atoms with Gasteiger partial charge in [0.25, 0.3) is 0 Å². The number of aromatic nitrogens is 2. The topological polar surface area (TPSA) is 70.7 Å². The van der Waals surface area contributed by atoms with Crippen LogP contribution in [0, 0.1) is 11.3 Å². The Balaban J connectivity index is 1.93. The van der Waals surface area contributed by atoms with Crippen molar-refractivity contribution in [3.63, 3.8) is 0 Å². The van der Waals surface area contributed by atoms with Crippen LogP contribution in [0.15, 0.2) is 71.8 Å². The number of hydrogen-bond acceptors (Lipinski definition) is 4. The standard InChI is InChI=1S/C20H16N4OS/c1-26-20-17(14-21)19(24(23-20)16-10-6-3-7-11-16)22-18(25)13-12-15-8-4-2-5-9-15/h2-13H,1H3,(H,22,25)/b13-12+. The second kappa shape index (κ2) is 8.19. The van der Waals surface area contributed by atoms with Crippen LogP contribution in [0.25, 0.3) is 11.8 Å². The lowest BCUT2D eigenvalue weighted by molar-refractivity contribution is -0.111. The summed E-state index contributed by atoms with van der Waals surface area (Å²) in [5.74, 6) is 0.0425. The van der Waals surface area contributed by atoms with Gasteiger partial charge in [-0.3, -0.25) is 4.79 Å². The summed E-state index contributed by atoms with van der Waals surface area (Å²) in [5, 5.41) is 17.3. The number of nitrogens with one attached hydrogen (secondary N) is 1. The zero-order valence-electron chi connectivity index (χ0n) is 14.1. The normalized spacial score (nSPS) is 10.6. The molecule has 0 saturated heterocycles. The van der Waals surface area contributed by atoms with Crippen molar-refractivity contribution in [1.82, 2.24) is 9.78 Å². The van der Waals surface area contributed by atoms with Crippen LogP contribution < -0.4 is 5.32 Å². The van der Waals surface area contributed by atoms with E-state index in [0.717, 1.165) is 11.3 Å². The molecule has 0 bridgehead atoms. The van der Waals surface area contributed by atoms with Gasteiger partial charge in [-0.1, -0.05) is 48.5 Å². The number of thioether (sulfide) groups is 1. The van der Waals surface area contributed by atoms with Crippen LogP contribution in [0.4, 0.5) is 5.82 Å². The van der Waals surface area contributed by atoms with Crippen LogP contribution in [0.2, 0.25) is 0 Å². The Bertz CT molecular complexity index is 972. The summed E-state index contributed by atoms with van der Waals surface area (Å²) >= 11 is 1.36. The van der Waals surface area contributed by atoms with E-state index in [4.69, 9.17) is 0 Å². The molecule has 1 heterocycles. The first-order chi connectivity index (χ1) is 12.7. The molecule has 26 heavy (non-hydrogen) atoms. The number of para-hydroxylation sites is 1. The molecule has 6 heteroatoms. The van der Waals surface area contributed by atoms with Gasteiger partial charge >= 0.3 is 0 Å². The first-order valence-electron chi connectivity index (χ1n) is 7.89. The zero-order chi connectivity index (χ0) is 18.4. The fourth-order valence-corrected chi connectivity index (χ4v) is 2.92. The highest BCUT2D eigenvalue weighted by atomic mass is 32.2. The molecule has 2 aromatic carbocycles. The van der Waals surface area contributed by atoms with Gasteiger partial charge in [0.1, 0.15) is 16.7 Å². The summed E-state index contributed by atoms with van der Waals surface area (Å²) in [6.45, 7) is 0. The van der Waals surface area contributed by atoms with Crippen molar-refractivity contribution < 1.29 is 4.79 Å². The minimum absolute atomic E-state index is 0.324. The van der Waals surface area contributed by atoms with Gasteiger partial charge in [-0.25, -0.2) is 4.68 Å². The maximum absolute atomic E-state index is 12.4. The Morgan fingerprint density at radius 1 is 1.15 bits per heavy atom. The number of anilines is 1. The third-order valence-electron chi connectivity index (χ3n) is 3.63. The Kier molecular flexibility index (Phi) is 5.52.